The van der Waals surface area contributed by atoms with Gasteiger partial charge in [0.1, 0.15) is 5.76 Å². The first-order valence-electron chi connectivity index (χ1n) is 7.49. The minimum absolute atomic E-state index is 0.244. The van der Waals surface area contributed by atoms with Gasteiger partial charge in [0, 0.05) is 5.56 Å². The van der Waals surface area contributed by atoms with Gasteiger partial charge in [-0.3, -0.25) is 10.1 Å². The third-order valence-corrected chi connectivity index (χ3v) is 3.73. The Kier molecular flexibility index (Phi) is 5.03. The Bertz CT molecular complexity index is 812. The van der Waals surface area contributed by atoms with Gasteiger partial charge in [0.05, 0.1) is 12.8 Å². The van der Waals surface area contributed by atoms with Crippen molar-refractivity contribution in [3.63, 3.8) is 0 Å². The van der Waals surface area contributed by atoms with Gasteiger partial charge in [0.2, 0.25) is 0 Å². The van der Waals surface area contributed by atoms with Gasteiger partial charge in [0.15, 0.2) is 5.11 Å². The lowest BCUT2D eigenvalue weighted by atomic mass is 10.0. The highest BCUT2D eigenvalue weighted by Crippen LogP contribution is 2.19. The molecular formula is C19H16N2O2S. The Morgan fingerprint density at radius 3 is 2.29 bits per heavy atom. The molecule has 0 spiro atoms. The summed E-state index contributed by atoms with van der Waals surface area (Å²) in [6.07, 6.45) is 1.59. The number of nitrogens with one attached hydrogen (secondary N) is 2. The van der Waals surface area contributed by atoms with Crippen LogP contribution in [0.5, 0.6) is 0 Å². The Morgan fingerprint density at radius 1 is 0.917 bits per heavy atom. The zero-order valence-electron chi connectivity index (χ0n) is 12.9. The summed E-state index contributed by atoms with van der Waals surface area (Å²) in [7, 11) is 0. The fraction of sp³-hybridized carbons (Fsp3) is 0.0526. The first kappa shape index (κ1) is 16.0. The molecule has 0 aliphatic heterocycles. The molecule has 0 saturated heterocycles. The fourth-order valence-corrected chi connectivity index (χ4v) is 2.41. The van der Waals surface area contributed by atoms with Crippen molar-refractivity contribution in [3.8, 4) is 11.1 Å². The maximum absolute atomic E-state index is 12.2. The van der Waals surface area contributed by atoms with Crippen LogP contribution in [0, 0.1) is 0 Å². The largest absolute Gasteiger partial charge is 0.467 e. The van der Waals surface area contributed by atoms with Crippen molar-refractivity contribution in [2.24, 2.45) is 0 Å². The monoisotopic (exact) mass is 336 g/mol. The van der Waals surface area contributed by atoms with Crippen molar-refractivity contribution in [1.82, 2.24) is 10.6 Å². The van der Waals surface area contributed by atoms with Crippen LogP contribution in [-0.2, 0) is 6.54 Å². The third-order valence-electron chi connectivity index (χ3n) is 3.48. The maximum atomic E-state index is 12.2. The zero-order valence-corrected chi connectivity index (χ0v) is 13.7. The van der Waals surface area contributed by atoms with Crippen LogP contribution >= 0.6 is 12.2 Å². The van der Waals surface area contributed by atoms with E-state index in [9.17, 15) is 4.79 Å². The highest BCUT2D eigenvalue weighted by atomic mass is 32.1. The van der Waals surface area contributed by atoms with Crippen LogP contribution in [0.3, 0.4) is 0 Å². The molecule has 0 aliphatic carbocycles. The van der Waals surface area contributed by atoms with E-state index in [1.54, 1.807) is 24.5 Å². The number of hydrogen-bond donors (Lipinski definition) is 2. The topological polar surface area (TPSA) is 54.3 Å². The average Bonchev–Trinajstić information content (AvgIpc) is 3.14. The highest BCUT2D eigenvalue weighted by molar-refractivity contribution is 7.80. The molecule has 0 atom stereocenters. The van der Waals surface area contributed by atoms with Gasteiger partial charge in [-0.15, -0.1) is 0 Å². The number of carbonyl (C=O) groups is 1. The van der Waals surface area contributed by atoms with Crippen molar-refractivity contribution < 1.29 is 9.21 Å². The van der Waals surface area contributed by atoms with Crippen LogP contribution in [0.25, 0.3) is 11.1 Å². The minimum Gasteiger partial charge on any atom is -0.467 e. The molecule has 3 aromatic rings. The van der Waals surface area contributed by atoms with E-state index in [1.165, 1.54) is 0 Å². The van der Waals surface area contributed by atoms with Crippen LogP contribution in [-0.4, -0.2) is 11.0 Å². The van der Waals surface area contributed by atoms with Gasteiger partial charge in [-0.1, -0.05) is 42.5 Å². The molecule has 1 heterocycles. The van der Waals surface area contributed by atoms with Crippen molar-refractivity contribution in [1.29, 1.82) is 0 Å². The number of benzene rings is 2. The maximum Gasteiger partial charge on any atom is 0.257 e. The summed E-state index contributed by atoms with van der Waals surface area (Å²) >= 11 is 5.12. The minimum atomic E-state index is -0.244. The molecule has 0 radical (unpaired) electrons. The second-order valence-corrected chi connectivity index (χ2v) is 5.57. The Hall–Kier alpha value is -2.92. The number of amides is 1. The molecular weight excluding hydrogens is 320 g/mol. The molecule has 0 aliphatic rings. The Morgan fingerprint density at radius 2 is 1.62 bits per heavy atom. The van der Waals surface area contributed by atoms with Crippen molar-refractivity contribution in [2.75, 3.05) is 0 Å². The van der Waals surface area contributed by atoms with Crippen LogP contribution in [0.4, 0.5) is 0 Å². The Labute approximate surface area is 145 Å². The lowest BCUT2D eigenvalue weighted by Crippen LogP contribution is -2.38. The van der Waals surface area contributed by atoms with Crippen LogP contribution < -0.4 is 10.6 Å². The SMILES string of the molecule is O=C(NC(=S)NCc1ccco1)c1ccc(-c2ccccc2)cc1. The number of hydrogen-bond acceptors (Lipinski definition) is 3. The van der Waals surface area contributed by atoms with E-state index < -0.39 is 0 Å². The molecule has 1 aromatic heterocycles. The second-order valence-electron chi connectivity index (χ2n) is 5.16. The van der Waals surface area contributed by atoms with E-state index in [0.717, 1.165) is 16.9 Å². The van der Waals surface area contributed by atoms with E-state index in [-0.39, 0.29) is 11.0 Å². The lowest BCUT2D eigenvalue weighted by Gasteiger charge is -2.09. The fourth-order valence-electron chi connectivity index (χ4n) is 2.24. The molecule has 0 unspecified atom stereocenters. The molecule has 0 bridgehead atoms. The number of rotatable bonds is 4. The van der Waals surface area contributed by atoms with Gasteiger partial charge in [-0.2, -0.15) is 0 Å². The first-order valence-corrected chi connectivity index (χ1v) is 7.90. The number of furan rings is 1. The molecule has 3 rings (SSSR count). The van der Waals surface area contributed by atoms with E-state index in [4.69, 9.17) is 16.6 Å². The summed E-state index contributed by atoms with van der Waals surface area (Å²) in [6.45, 7) is 0.430. The molecule has 2 aromatic carbocycles. The molecule has 0 fully saturated rings. The summed E-state index contributed by atoms with van der Waals surface area (Å²) in [5.41, 5.74) is 2.72. The Balaban J connectivity index is 1.57. The predicted octanol–water partition coefficient (Wildman–Crippen LogP) is 3.75. The van der Waals surface area contributed by atoms with Crippen LogP contribution in [0.15, 0.2) is 77.4 Å². The standard InChI is InChI=1S/C19H16N2O2S/c22-18(21-19(24)20-13-17-7-4-12-23-17)16-10-8-15(9-11-16)14-5-2-1-3-6-14/h1-12H,13H2,(H2,20,21,22,24). The molecule has 5 heteroatoms. The summed E-state index contributed by atoms with van der Waals surface area (Å²) in [5.74, 6) is 0.505. The zero-order chi connectivity index (χ0) is 16.8. The molecule has 0 saturated carbocycles. The molecule has 2 N–H and O–H groups in total. The van der Waals surface area contributed by atoms with E-state index >= 15 is 0 Å². The van der Waals surface area contributed by atoms with Gasteiger partial charge in [-0.05, 0) is 47.6 Å². The summed E-state index contributed by atoms with van der Waals surface area (Å²) < 4.78 is 5.19. The van der Waals surface area contributed by atoms with Crippen molar-refractivity contribution >= 4 is 23.2 Å². The second kappa shape index (κ2) is 7.57. The number of thiocarbonyl (C=S) groups is 1. The number of carbonyl (C=O) groups excluding carboxylic acids is 1. The quantitative estimate of drug-likeness (QED) is 0.713. The van der Waals surface area contributed by atoms with E-state index in [1.807, 2.05) is 48.5 Å². The van der Waals surface area contributed by atoms with Crippen molar-refractivity contribution in [3.05, 3.63) is 84.3 Å². The average molecular weight is 336 g/mol. The van der Waals surface area contributed by atoms with Gasteiger partial charge in [-0.25, -0.2) is 0 Å². The summed E-state index contributed by atoms with van der Waals surface area (Å²) in [6, 6.07) is 21.0. The molecule has 120 valence electrons. The predicted molar refractivity (Wildman–Crippen MR) is 97.5 cm³/mol. The van der Waals surface area contributed by atoms with Crippen molar-refractivity contribution in [2.45, 2.75) is 6.54 Å². The lowest BCUT2D eigenvalue weighted by molar-refractivity contribution is 0.0976. The molecule has 4 nitrogen and oxygen atoms in total. The highest BCUT2D eigenvalue weighted by Gasteiger charge is 2.08. The van der Waals surface area contributed by atoms with E-state index in [0.29, 0.717) is 12.1 Å². The molecule has 1 amide bonds. The van der Waals surface area contributed by atoms with Gasteiger partial charge < -0.3 is 9.73 Å². The summed E-state index contributed by atoms with van der Waals surface area (Å²) in [4.78, 5) is 12.2. The normalized spacial score (nSPS) is 10.2. The smallest absolute Gasteiger partial charge is 0.257 e. The van der Waals surface area contributed by atoms with Gasteiger partial charge >= 0.3 is 0 Å². The van der Waals surface area contributed by atoms with Crippen LogP contribution in [0.1, 0.15) is 16.1 Å². The van der Waals surface area contributed by atoms with E-state index in [2.05, 4.69) is 10.6 Å². The van der Waals surface area contributed by atoms with Gasteiger partial charge in [0.25, 0.3) is 5.91 Å². The first-order chi connectivity index (χ1) is 11.7. The molecule has 24 heavy (non-hydrogen) atoms. The van der Waals surface area contributed by atoms with Crippen LogP contribution in [0.2, 0.25) is 0 Å². The summed E-state index contributed by atoms with van der Waals surface area (Å²) in [5, 5.41) is 5.85. The third kappa shape index (κ3) is 4.08.